The molecular formula is C17H13BF2N2O2S. The first kappa shape index (κ1) is 17.1. The molecule has 8 heteroatoms. The van der Waals surface area contributed by atoms with Crippen molar-refractivity contribution >= 4 is 48.0 Å². The molecule has 1 aliphatic heterocycles. The van der Waals surface area contributed by atoms with E-state index >= 15 is 0 Å². The molecule has 25 heavy (non-hydrogen) atoms. The Morgan fingerprint density at radius 1 is 1.28 bits per heavy atom. The van der Waals surface area contributed by atoms with E-state index in [2.05, 4.69) is 4.99 Å². The minimum atomic E-state index is -2.77. The highest BCUT2D eigenvalue weighted by atomic mass is 32.1. The molecule has 0 spiro atoms. The third-order valence-corrected chi connectivity index (χ3v) is 4.48. The standard InChI is InChI=1S/C17H13BF2N2O2S/c1-22-16(7-6-13-3-2-8-25-13)21-15(17(22)24)9-11-4-5-12(23)10-14(11)18(19)20/h2-10,23H,1H3/b7-6+,15-9+. The number of halogens is 2. The number of aromatic hydroxyl groups is 1. The number of amides is 1. The summed E-state index contributed by atoms with van der Waals surface area (Å²) in [6, 6.07) is 7.47. The number of thiophene rings is 1. The first-order chi connectivity index (χ1) is 12.0. The van der Waals surface area contributed by atoms with Crippen LogP contribution in [0.5, 0.6) is 5.75 Å². The van der Waals surface area contributed by atoms with Gasteiger partial charge in [-0.25, -0.2) is 4.99 Å². The van der Waals surface area contributed by atoms with Gasteiger partial charge in [0.15, 0.2) is 0 Å². The molecule has 4 nitrogen and oxygen atoms in total. The molecule has 0 aliphatic carbocycles. The van der Waals surface area contributed by atoms with Crippen LogP contribution in [0.3, 0.4) is 0 Å². The van der Waals surface area contributed by atoms with Gasteiger partial charge in [-0.2, -0.15) is 0 Å². The maximum atomic E-state index is 13.1. The summed E-state index contributed by atoms with van der Waals surface area (Å²) in [6.45, 7) is 0. The smallest absolute Gasteiger partial charge is 0.508 e. The number of carbonyl (C=O) groups is 1. The Hall–Kier alpha value is -2.74. The van der Waals surface area contributed by atoms with Gasteiger partial charge in [0.25, 0.3) is 5.91 Å². The summed E-state index contributed by atoms with van der Waals surface area (Å²) in [7, 11) is -1.19. The maximum Gasteiger partial charge on any atom is 0.572 e. The number of carbonyl (C=O) groups excluding carboxylic acids is 1. The lowest BCUT2D eigenvalue weighted by atomic mass is 9.81. The fourth-order valence-electron chi connectivity index (χ4n) is 2.34. The largest absolute Gasteiger partial charge is 0.572 e. The number of phenols is 1. The Bertz CT molecular complexity index is 892. The van der Waals surface area contributed by atoms with Crippen LogP contribution in [0.4, 0.5) is 8.63 Å². The molecule has 3 rings (SSSR count). The predicted molar refractivity (Wildman–Crippen MR) is 97.2 cm³/mol. The number of aliphatic imine (C=N–C) groups is 1. The molecule has 1 N–H and O–H groups in total. The lowest BCUT2D eigenvalue weighted by Gasteiger charge is -2.07. The Balaban J connectivity index is 1.94. The molecule has 2 aromatic rings. The molecule has 0 saturated heterocycles. The second kappa shape index (κ2) is 7.02. The first-order valence-corrected chi connectivity index (χ1v) is 8.25. The van der Waals surface area contributed by atoms with Crippen LogP contribution in [0, 0.1) is 0 Å². The number of benzene rings is 1. The third-order valence-electron chi connectivity index (χ3n) is 3.64. The van der Waals surface area contributed by atoms with Gasteiger partial charge in [-0.15, -0.1) is 11.3 Å². The second-order valence-electron chi connectivity index (χ2n) is 5.33. The highest BCUT2D eigenvalue weighted by Gasteiger charge is 2.27. The van der Waals surface area contributed by atoms with Crippen molar-refractivity contribution in [3.8, 4) is 5.75 Å². The molecule has 1 aliphatic rings. The van der Waals surface area contributed by atoms with Crippen LogP contribution in [0.2, 0.25) is 0 Å². The van der Waals surface area contributed by atoms with Crippen molar-refractivity contribution in [3.05, 3.63) is 57.9 Å². The van der Waals surface area contributed by atoms with E-state index in [0.29, 0.717) is 5.84 Å². The average Bonchev–Trinajstić information content (AvgIpc) is 3.18. The summed E-state index contributed by atoms with van der Waals surface area (Å²) in [5, 5.41) is 11.3. The van der Waals surface area contributed by atoms with E-state index < -0.39 is 7.27 Å². The topological polar surface area (TPSA) is 52.9 Å². The van der Waals surface area contributed by atoms with Crippen LogP contribution in [-0.2, 0) is 4.79 Å². The molecule has 0 bridgehead atoms. The molecule has 2 heterocycles. The van der Waals surface area contributed by atoms with Crippen molar-refractivity contribution in [3.63, 3.8) is 0 Å². The molecule has 126 valence electrons. The lowest BCUT2D eigenvalue weighted by Crippen LogP contribution is -2.26. The number of amidine groups is 1. The minimum absolute atomic E-state index is 0.0703. The van der Waals surface area contributed by atoms with Gasteiger partial charge in [-0.05, 0) is 47.4 Å². The fraction of sp³-hybridized carbons (Fsp3) is 0.0588. The first-order valence-electron chi connectivity index (χ1n) is 7.37. The molecule has 0 saturated carbocycles. The molecule has 0 atom stereocenters. The number of likely N-dealkylation sites (N-methyl/N-ethyl adjacent to an activating group) is 1. The Morgan fingerprint density at radius 3 is 2.76 bits per heavy atom. The normalized spacial score (nSPS) is 16.1. The molecule has 0 unspecified atom stereocenters. The molecule has 0 radical (unpaired) electrons. The van der Waals surface area contributed by atoms with Crippen molar-refractivity contribution in [1.82, 2.24) is 4.90 Å². The van der Waals surface area contributed by atoms with E-state index in [1.54, 1.807) is 24.5 Å². The van der Waals surface area contributed by atoms with Crippen LogP contribution < -0.4 is 5.46 Å². The van der Waals surface area contributed by atoms with Crippen molar-refractivity contribution in [2.75, 3.05) is 7.05 Å². The van der Waals surface area contributed by atoms with E-state index in [0.717, 1.165) is 10.9 Å². The van der Waals surface area contributed by atoms with Crippen molar-refractivity contribution in [2.45, 2.75) is 0 Å². The predicted octanol–water partition coefficient (Wildman–Crippen LogP) is 3.01. The zero-order valence-corrected chi connectivity index (χ0v) is 14.0. The summed E-state index contributed by atoms with van der Waals surface area (Å²) in [5.41, 5.74) is -0.126. The van der Waals surface area contributed by atoms with Gasteiger partial charge in [0.05, 0.1) is 0 Å². The Morgan fingerprint density at radius 2 is 2.08 bits per heavy atom. The summed E-state index contributed by atoms with van der Waals surface area (Å²) < 4.78 is 26.3. The van der Waals surface area contributed by atoms with E-state index in [-0.39, 0.29) is 28.4 Å². The Kier molecular flexibility index (Phi) is 4.80. The van der Waals surface area contributed by atoms with Gasteiger partial charge >= 0.3 is 7.27 Å². The maximum absolute atomic E-state index is 13.1. The van der Waals surface area contributed by atoms with E-state index in [1.807, 2.05) is 23.6 Å². The number of nitrogens with zero attached hydrogens (tertiary/aromatic N) is 2. The summed E-state index contributed by atoms with van der Waals surface area (Å²) in [5.74, 6) is -0.198. The second-order valence-corrected chi connectivity index (χ2v) is 6.31. The molecular weight excluding hydrogens is 345 g/mol. The zero-order valence-electron chi connectivity index (χ0n) is 13.2. The van der Waals surface area contributed by atoms with Gasteiger partial charge in [0.2, 0.25) is 0 Å². The Labute approximate surface area is 147 Å². The van der Waals surface area contributed by atoms with Crippen LogP contribution in [0.25, 0.3) is 12.2 Å². The monoisotopic (exact) mass is 358 g/mol. The molecule has 1 amide bonds. The van der Waals surface area contributed by atoms with Crippen LogP contribution in [-0.4, -0.2) is 36.1 Å². The average molecular weight is 358 g/mol. The zero-order chi connectivity index (χ0) is 18.0. The van der Waals surface area contributed by atoms with Gasteiger partial charge < -0.3 is 5.11 Å². The number of hydrogen-bond acceptors (Lipinski definition) is 4. The fourth-order valence-corrected chi connectivity index (χ4v) is 2.96. The summed E-state index contributed by atoms with van der Waals surface area (Å²) in [6.07, 6.45) is 4.85. The quantitative estimate of drug-likeness (QED) is 0.675. The van der Waals surface area contributed by atoms with Crippen molar-refractivity contribution in [1.29, 1.82) is 0 Å². The highest BCUT2D eigenvalue weighted by molar-refractivity contribution is 7.10. The lowest BCUT2D eigenvalue weighted by molar-refractivity contribution is -0.121. The van der Waals surface area contributed by atoms with Crippen LogP contribution in [0.1, 0.15) is 10.4 Å². The number of hydrogen-bond donors (Lipinski definition) is 1. The van der Waals surface area contributed by atoms with Gasteiger partial charge in [-0.3, -0.25) is 18.3 Å². The summed E-state index contributed by atoms with van der Waals surface area (Å²) >= 11 is 1.55. The molecule has 1 aromatic heterocycles. The summed E-state index contributed by atoms with van der Waals surface area (Å²) in [4.78, 5) is 18.9. The van der Waals surface area contributed by atoms with Crippen LogP contribution >= 0.6 is 11.3 Å². The van der Waals surface area contributed by atoms with Gasteiger partial charge in [0.1, 0.15) is 17.3 Å². The third kappa shape index (κ3) is 3.69. The van der Waals surface area contributed by atoms with Crippen molar-refractivity contribution < 1.29 is 18.5 Å². The number of phenolic OH excluding ortho intramolecular Hbond substituents is 1. The van der Waals surface area contributed by atoms with E-state index in [4.69, 9.17) is 0 Å². The van der Waals surface area contributed by atoms with Crippen molar-refractivity contribution in [2.24, 2.45) is 4.99 Å². The van der Waals surface area contributed by atoms with E-state index in [1.165, 1.54) is 23.1 Å². The van der Waals surface area contributed by atoms with E-state index in [9.17, 15) is 18.5 Å². The minimum Gasteiger partial charge on any atom is -0.508 e. The van der Waals surface area contributed by atoms with Gasteiger partial charge in [-0.1, -0.05) is 12.1 Å². The van der Waals surface area contributed by atoms with Crippen LogP contribution in [0.15, 0.2) is 52.5 Å². The molecule has 1 aromatic carbocycles. The van der Waals surface area contributed by atoms with Gasteiger partial charge in [0, 0.05) is 17.4 Å². The molecule has 0 fully saturated rings. The highest BCUT2D eigenvalue weighted by Crippen LogP contribution is 2.20. The number of rotatable bonds is 4. The SMILES string of the molecule is CN1C(=O)/C(=C\c2ccc(O)cc2B(F)F)N=C1/C=C/c1cccs1.